The molecule has 82 valence electrons. The van der Waals surface area contributed by atoms with Crippen molar-refractivity contribution in [1.82, 2.24) is 0 Å². The van der Waals surface area contributed by atoms with E-state index >= 15 is 0 Å². The third-order valence-electron chi connectivity index (χ3n) is 2.81. The molecule has 0 radical (unpaired) electrons. The van der Waals surface area contributed by atoms with Gasteiger partial charge in [-0.1, -0.05) is 17.2 Å². The second-order valence-electron chi connectivity index (χ2n) is 3.78. The number of nitrogens with zero attached hydrogens (tertiary/aromatic N) is 3. The lowest BCUT2D eigenvalue weighted by Gasteiger charge is -2.04. The van der Waals surface area contributed by atoms with Gasteiger partial charge >= 0.3 is 0 Å². The number of rotatable bonds is 1. The van der Waals surface area contributed by atoms with E-state index in [1.54, 1.807) is 12.1 Å². The highest BCUT2D eigenvalue weighted by Crippen LogP contribution is 2.22. The van der Waals surface area contributed by atoms with Gasteiger partial charge in [0.15, 0.2) is 0 Å². The first-order valence-electron chi connectivity index (χ1n) is 5.05. The number of halogens is 1. The zero-order chi connectivity index (χ0) is 11.5. The molecule has 5 heteroatoms. The van der Waals surface area contributed by atoms with E-state index in [0.29, 0.717) is 24.0 Å². The molecular formula is C11H10FN3O. The maximum absolute atomic E-state index is 13.5. The summed E-state index contributed by atoms with van der Waals surface area (Å²) >= 11 is 0. The molecule has 0 spiro atoms. The summed E-state index contributed by atoms with van der Waals surface area (Å²) in [5.41, 5.74) is 9.62. The Kier molecular flexibility index (Phi) is 2.88. The van der Waals surface area contributed by atoms with Crippen molar-refractivity contribution in [2.24, 2.45) is 5.11 Å². The predicted octanol–water partition coefficient (Wildman–Crippen LogP) is 2.56. The van der Waals surface area contributed by atoms with E-state index in [0.717, 1.165) is 0 Å². The first-order chi connectivity index (χ1) is 7.72. The summed E-state index contributed by atoms with van der Waals surface area (Å²) in [5, 5.41) is 3.45. The van der Waals surface area contributed by atoms with Gasteiger partial charge in [-0.3, -0.25) is 4.79 Å². The Morgan fingerprint density at radius 1 is 1.50 bits per heavy atom. The van der Waals surface area contributed by atoms with Crippen molar-refractivity contribution in [2.45, 2.75) is 25.3 Å². The Morgan fingerprint density at radius 3 is 3.06 bits per heavy atom. The minimum atomic E-state index is -0.656. The van der Waals surface area contributed by atoms with Gasteiger partial charge in [0, 0.05) is 11.3 Å². The van der Waals surface area contributed by atoms with E-state index in [4.69, 9.17) is 5.53 Å². The SMILES string of the molecule is [N-]=[N+]=NC1CCc2c(F)cccc2CC1=O. The van der Waals surface area contributed by atoms with Crippen LogP contribution in [0.2, 0.25) is 0 Å². The summed E-state index contributed by atoms with van der Waals surface area (Å²) in [5.74, 6) is -0.422. The molecule has 0 amide bonds. The summed E-state index contributed by atoms with van der Waals surface area (Å²) in [6.45, 7) is 0. The Morgan fingerprint density at radius 2 is 2.31 bits per heavy atom. The van der Waals surface area contributed by atoms with Crippen LogP contribution in [0.4, 0.5) is 4.39 Å². The molecule has 1 aromatic rings. The molecule has 1 unspecified atom stereocenters. The molecule has 0 aromatic heterocycles. The third-order valence-corrected chi connectivity index (χ3v) is 2.81. The molecule has 0 saturated heterocycles. The lowest BCUT2D eigenvalue weighted by Crippen LogP contribution is -2.18. The normalized spacial score (nSPS) is 19.6. The molecular weight excluding hydrogens is 209 g/mol. The van der Waals surface area contributed by atoms with Gasteiger partial charge in [0.05, 0.1) is 6.04 Å². The smallest absolute Gasteiger partial charge is 0.146 e. The van der Waals surface area contributed by atoms with Gasteiger partial charge in [0.1, 0.15) is 11.6 Å². The maximum Gasteiger partial charge on any atom is 0.146 e. The zero-order valence-electron chi connectivity index (χ0n) is 8.56. The van der Waals surface area contributed by atoms with E-state index in [1.165, 1.54) is 6.07 Å². The van der Waals surface area contributed by atoms with Crippen LogP contribution in [0, 0.1) is 5.82 Å². The summed E-state index contributed by atoms with van der Waals surface area (Å²) in [6, 6.07) is 4.07. The van der Waals surface area contributed by atoms with Crippen molar-refractivity contribution in [3.05, 3.63) is 45.6 Å². The van der Waals surface area contributed by atoms with Crippen LogP contribution in [0.15, 0.2) is 23.3 Å². The Labute approximate surface area is 91.7 Å². The van der Waals surface area contributed by atoms with Gasteiger partial charge in [0.25, 0.3) is 0 Å². The lowest BCUT2D eigenvalue weighted by molar-refractivity contribution is -0.119. The van der Waals surface area contributed by atoms with Crippen molar-refractivity contribution >= 4 is 5.78 Å². The monoisotopic (exact) mass is 219 g/mol. The molecule has 2 rings (SSSR count). The maximum atomic E-state index is 13.5. The second kappa shape index (κ2) is 4.33. The standard InChI is InChI=1S/C11H10FN3O/c12-9-3-1-2-7-6-11(16)10(14-15-13)5-4-8(7)9/h1-3,10H,4-6H2. The molecule has 0 bridgehead atoms. The predicted molar refractivity (Wildman–Crippen MR) is 56.4 cm³/mol. The molecule has 1 atom stereocenters. The van der Waals surface area contributed by atoms with Crippen LogP contribution in [0.3, 0.4) is 0 Å². The first kappa shape index (κ1) is 10.6. The van der Waals surface area contributed by atoms with Gasteiger partial charge in [-0.2, -0.15) is 0 Å². The van der Waals surface area contributed by atoms with Gasteiger partial charge in [0.2, 0.25) is 0 Å². The molecule has 1 aromatic carbocycles. The topological polar surface area (TPSA) is 65.8 Å². The van der Waals surface area contributed by atoms with Crippen LogP contribution in [-0.2, 0) is 17.6 Å². The minimum absolute atomic E-state index is 0.137. The van der Waals surface area contributed by atoms with Gasteiger partial charge in [-0.05, 0) is 35.6 Å². The Bertz CT molecular complexity index is 480. The number of carbonyl (C=O) groups is 1. The van der Waals surface area contributed by atoms with E-state index in [9.17, 15) is 9.18 Å². The molecule has 1 aliphatic rings. The van der Waals surface area contributed by atoms with Crippen molar-refractivity contribution in [3.8, 4) is 0 Å². The van der Waals surface area contributed by atoms with E-state index in [-0.39, 0.29) is 18.0 Å². The molecule has 0 N–H and O–H groups in total. The van der Waals surface area contributed by atoms with Crippen molar-refractivity contribution in [2.75, 3.05) is 0 Å². The number of hydrogen-bond acceptors (Lipinski definition) is 2. The summed E-state index contributed by atoms with van der Waals surface area (Å²) in [7, 11) is 0. The number of azide groups is 1. The molecule has 0 aliphatic heterocycles. The average molecular weight is 219 g/mol. The summed E-state index contributed by atoms with van der Waals surface area (Å²) in [6.07, 6.45) is 0.977. The van der Waals surface area contributed by atoms with E-state index < -0.39 is 6.04 Å². The minimum Gasteiger partial charge on any atom is -0.299 e. The fourth-order valence-electron chi connectivity index (χ4n) is 1.98. The number of Topliss-reactive ketones (excluding diaryl/α,β-unsaturated/α-hetero) is 1. The Balaban J connectivity index is 2.36. The fraction of sp³-hybridized carbons (Fsp3) is 0.364. The van der Waals surface area contributed by atoms with Crippen molar-refractivity contribution in [3.63, 3.8) is 0 Å². The van der Waals surface area contributed by atoms with E-state index in [2.05, 4.69) is 10.0 Å². The highest BCUT2D eigenvalue weighted by atomic mass is 19.1. The second-order valence-corrected chi connectivity index (χ2v) is 3.78. The summed E-state index contributed by atoms with van der Waals surface area (Å²) < 4.78 is 13.5. The largest absolute Gasteiger partial charge is 0.299 e. The molecule has 16 heavy (non-hydrogen) atoms. The zero-order valence-corrected chi connectivity index (χ0v) is 8.56. The molecule has 0 saturated carbocycles. The highest BCUT2D eigenvalue weighted by molar-refractivity contribution is 5.87. The van der Waals surface area contributed by atoms with Crippen molar-refractivity contribution in [1.29, 1.82) is 0 Å². The highest BCUT2D eigenvalue weighted by Gasteiger charge is 2.24. The number of hydrogen-bond donors (Lipinski definition) is 0. The number of fused-ring (bicyclic) bond motifs is 1. The van der Waals surface area contributed by atoms with Crippen LogP contribution in [0.5, 0.6) is 0 Å². The molecule has 4 nitrogen and oxygen atoms in total. The Hall–Kier alpha value is -1.87. The van der Waals surface area contributed by atoms with Crippen molar-refractivity contribution < 1.29 is 9.18 Å². The quantitative estimate of drug-likeness (QED) is 0.310. The van der Waals surface area contributed by atoms with Crippen LogP contribution in [0.25, 0.3) is 10.4 Å². The van der Waals surface area contributed by atoms with Gasteiger partial charge in [-0.25, -0.2) is 4.39 Å². The number of ketones is 1. The van der Waals surface area contributed by atoms with Crippen LogP contribution in [-0.4, -0.2) is 11.8 Å². The third kappa shape index (κ3) is 1.90. The number of carbonyl (C=O) groups excluding carboxylic acids is 1. The number of benzene rings is 1. The molecule has 0 fully saturated rings. The molecule has 0 heterocycles. The lowest BCUT2D eigenvalue weighted by atomic mass is 10.0. The molecule has 1 aliphatic carbocycles. The average Bonchev–Trinajstić information content (AvgIpc) is 2.41. The summed E-state index contributed by atoms with van der Waals surface area (Å²) in [4.78, 5) is 14.3. The van der Waals surface area contributed by atoms with E-state index in [1.807, 2.05) is 0 Å². The van der Waals surface area contributed by atoms with Crippen LogP contribution < -0.4 is 0 Å². The fourth-order valence-corrected chi connectivity index (χ4v) is 1.98. The van der Waals surface area contributed by atoms with Crippen LogP contribution >= 0.6 is 0 Å². The van der Waals surface area contributed by atoms with Gasteiger partial charge in [-0.15, -0.1) is 0 Å². The van der Waals surface area contributed by atoms with Gasteiger partial charge < -0.3 is 0 Å². The van der Waals surface area contributed by atoms with Crippen LogP contribution in [0.1, 0.15) is 17.5 Å². The first-order valence-corrected chi connectivity index (χ1v) is 5.05.